The minimum absolute atomic E-state index is 0.213. The van der Waals surface area contributed by atoms with E-state index in [0.29, 0.717) is 61.2 Å². The number of nitriles is 4. The van der Waals surface area contributed by atoms with E-state index in [2.05, 4.69) is 20.5 Å². The summed E-state index contributed by atoms with van der Waals surface area (Å²) in [6, 6.07) is 27.4. The van der Waals surface area contributed by atoms with Gasteiger partial charge < -0.3 is 4.74 Å². The number of ether oxygens (including phenoxy) is 1. The molecule has 6 rings (SSSR count). The lowest BCUT2D eigenvalue weighted by Crippen LogP contribution is -2.17. The van der Waals surface area contributed by atoms with Gasteiger partial charge in [-0.05, 0) is 98.5 Å². The fourth-order valence-corrected chi connectivity index (χ4v) is 6.05. The van der Waals surface area contributed by atoms with Gasteiger partial charge in [-0.15, -0.1) is 13.2 Å². The molecular formula is C38H15F3N6O. The molecule has 7 nitrogen and oxygen atoms in total. The zero-order chi connectivity index (χ0) is 34.3. The Balaban J connectivity index is 1.63. The molecule has 0 spiro atoms. The van der Waals surface area contributed by atoms with Crippen LogP contribution in [0.25, 0.3) is 54.2 Å². The van der Waals surface area contributed by atoms with Crippen LogP contribution < -0.4 is 4.74 Å². The van der Waals surface area contributed by atoms with Crippen LogP contribution in [0.3, 0.4) is 0 Å². The summed E-state index contributed by atoms with van der Waals surface area (Å²) in [5.41, 5.74) is 6.54. The highest BCUT2D eigenvalue weighted by Crippen LogP contribution is 2.60. The Labute approximate surface area is 272 Å². The number of hydrogen-bond donors (Lipinski definition) is 0. The van der Waals surface area contributed by atoms with Gasteiger partial charge in [0.25, 0.3) is 11.4 Å². The van der Waals surface area contributed by atoms with Crippen LogP contribution in [0.2, 0.25) is 0 Å². The number of fused-ring (bicyclic) bond motifs is 4. The molecule has 4 aromatic carbocycles. The van der Waals surface area contributed by atoms with Crippen molar-refractivity contribution >= 4 is 22.3 Å². The minimum atomic E-state index is -4.99. The predicted octanol–water partition coefficient (Wildman–Crippen LogP) is 9.22. The molecule has 0 aliphatic heterocycles. The monoisotopic (exact) mass is 628 g/mol. The first-order valence-electron chi connectivity index (χ1n) is 14.0. The second kappa shape index (κ2) is 11.5. The Bertz CT molecular complexity index is 2460. The molecule has 0 atom stereocenters. The maximum absolute atomic E-state index is 12.9. The van der Waals surface area contributed by atoms with Crippen LogP contribution in [0.15, 0.2) is 84.2 Å². The minimum Gasteiger partial charge on any atom is -0.404 e. The summed E-state index contributed by atoms with van der Waals surface area (Å²) in [6.45, 7) is 17.4. The average Bonchev–Trinajstić information content (AvgIpc) is 3.58. The van der Waals surface area contributed by atoms with Gasteiger partial charge in [0.15, 0.2) is 0 Å². The third kappa shape index (κ3) is 4.90. The number of halogens is 3. The van der Waals surface area contributed by atoms with Gasteiger partial charge in [0.2, 0.25) is 0 Å². The summed E-state index contributed by atoms with van der Waals surface area (Å²) in [4.78, 5) is 7.00. The Kier molecular flexibility index (Phi) is 7.36. The summed E-state index contributed by atoms with van der Waals surface area (Å²) in [5.74, 6) is -0.653. The van der Waals surface area contributed by atoms with Crippen LogP contribution in [0.5, 0.6) is 5.75 Å². The molecule has 0 unspecified atom stereocenters. The third-order valence-corrected chi connectivity index (χ3v) is 8.13. The van der Waals surface area contributed by atoms with E-state index in [4.69, 9.17) is 13.1 Å². The summed E-state index contributed by atoms with van der Waals surface area (Å²) in [5, 5.41) is 39.3. The number of allylic oxidation sites excluding steroid dienone is 6. The molecule has 2 aliphatic rings. The zero-order valence-electron chi connectivity index (χ0n) is 24.7. The smallest absolute Gasteiger partial charge is 0.404 e. The van der Waals surface area contributed by atoms with E-state index in [1.807, 2.05) is 37.3 Å². The molecule has 0 amide bonds. The van der Waals surface area contributed by atoms with Crippen molar-refractivity contribution in [3.8, 4) is 52.3 Å². The Morgan fingerprint density at radius 1 is 0.625 bits per heavy atom. The van der Waals surface area contributed by atoms with E-state index in [9.17, 15) is 34.2 Å². The van der Waals surface area contributed by atoms with Gasteiger partial charge in [0, 0.05) is 11.1 Å². The molecule has 0 bridgehead atoms. The quantitative estimate of drug-likeness (QED) is 0.166. The molecule has 0 aromatic heterocycles. The van der Waals surface area contributed by atoms with Crippen LogP contribution in [0.1, 0.15) is 38.9 Å². The van der Waals surface area contributed by atoms with Gasteiger partial charge in [0.05, 0.1) is 42.5 Å². The molecule has 0 saturated heterocycles. The standard InChI is InChI=1S/C38H15F3N6O/c1-20-4-5-21(12-25(20)16-42)23-6-9-27-29(14-23)36-35(32(19-45)47-3)28-10-7-24(15-30(28)37(36)34(27)31(18-44)46-2)22-8-11-33(26(13-22)17-43)48-38(39,40)41/h4-15H,1H3/b34-31+,35-32-. The largest absolute Gasteiger partial charge is 0.573 e. The first-order chi connectivity index (χ1) is 23.1. The topological polar surface area (TPSA) is 113 Å². The summed E-state index contributed by atoms with van der Waals surface area (Å²) in [7, 11) is 0. The van der Waals surface area contributed by atoms with Crippen LogP contribution in [0, 0.1) is 65.4 Å². The fraction of sp³-hybridized carbons (Fsp3) is 0.0526. The van der Waals surface area contributed by atoms with Crippen molar-refractivity contribution in [2.24, 2.45) is 0 Å². The van der Waals surface area contributed by atoms with Crippen molar-refractivity contribution in [3.63, 3.8) is 0 Å². The summed E-state index contributed by atoms with van der Waals surface area (Å²) >= 11 is 0. The van der Waals surface area contributed by atoms with Crippen molar-refractivity contribution in [2.45, 2.75) is 13.3 Å². The van der Waals surface area contributed by atoms with Gasteiger partial charge >= 0.3 is 6.36 Å². The molecule has 4 aromatic rings. The molecule has 0 fully saturated rings. The second-order valence-electron chi connectivity index (χ2n) is 10.7. The molecule has 0 radical (unpaired) electrons. The average molecular weight is 629 g/mol. The maximum atomic E-state index is 12.9. The van der Waals surface area contributed by atoms with Gasteiger partial charge in [-0.2, -0.15) is 10.5 Å². The molecule has 224 valence electrons. The predicted molar refractivity (Wildman–Crippen MR) is 170 cm³/mol. The number of alkyl halides is 3. The van der Waals surface area contributed by atoms with Crippen LogP contribution >= 0.6 is 0 Å². The van der Waals surface area contributed by atoms with Gasteiger partial charge in [-0.3, -0.25) is 0 Å². The zero-order valence-corrected chi connectivity index (χ0v) is 24.7. The lowest BCUT2D eigenvalue weighted by atomic mass is 9.88. The number of aryl methyl sites for hydroxylation is 1. The van der Waals surface area contributed by atoms with E-state index in [1.54, 1.807) is 42.5 Å². The third-order valence-electron chi connectivity index (χ3n) is 8.13. The van der Waals surface area contributed by atoms with Crippen LogP contribution in [0.4, 0.5) is 13.2 Å². The van der Waals surface area contributed by atoms with Gasteiger partial charge in [-0.1, -0.05) is 42.5 Å². The SMILES string of the molecule is [C-]#[N+]/C(C#N)=C1C2=C(/C(=C(\C#N)[N+]#[C-])c3ccc(-c4ccc(C)c(C#N)c4)cc32)c2cc(-c3ccc(OC(F)(F)F)c(C#N)c3)ccc2\1. The van der Waals surface area contributed by atoms with E-state index >= 15 is 0 Å². The number of rotatable bonds is 3. The lowest BCUT2D eigenvalue weighted by molar-refractivity contribution is -0.274. The van der Waals surface area contributed by atoms with E-state index in [-0.39, 0.29) is 17.0 Å². The van der Waals surface area contributed by atoms with Gasteiger partial charge in [-0.25, -0.2) is 20.2 Å². The van der Waals surface area contributed by atoms with Crippen LogP contribution in [-0.2, 0) is 0 Å². The van der Waals surface area contributed by atoms with Crippen LogP contribution in [-0.4, -0.2) is 6.36 Å². The first kappa shape index (κ1) is 30.6. The van der Waals surface area contributed by atoms with Crippen molar-refractivity contribution in [3.05, 3.63) is 146 Å². The molecule has 10 heteroatoms. The van der Waals surface area contributed by atoms with Crippen molar-refractivity contribution in [1.82, 2.24) is 0 Å². The fourth-order valence-electron chi connectivity index (χ4n) is 6.05. The first-order valence-corrected chi connectivity index (χ1v) is 14.0. The van der Waals surface area contributed by atoms with E-state index < -0.39 is 12.1 Å². The number of nitrogens with zero attached hydrogens (tertiary/aromatic N) is 6. The highest BCUT2D eigenvalue weighted by Gasteiger charge is 2.40. The summed E-state index contributed by atoms with van der Waals surface area (Å²) in [6.07, 6.45) is -4.99. The van der Waals surface area contributed by atoms with Crippen molar-refractivity contribution in [1.29, 1.82) is 21.0 Å². The van der Waals surface area contributed by atoms with Crippen molar-refractivity contribution < 1.29 is 17.9 Å². The highest BCUT2D eigenvalue weighted by atomic mass is 19.4. The lowest BCUT2D eigenvalue weighted by Gasteiger charge is -2.16. The molecule has 0 heterocycles. The van der Waals surface area contributed by atoms with Gasteiger partial charge in [0.1, 0.15) is 11.8 Å². The summed E-state index contributed by atoms with van der Waals surface area (Å²) < 4.78 is 42.7. The Hall–Kier alpha value is -7.37. The highest BCUT2D eigenvalue weighted by molar-refractivity contribution is 6.37. The maximum Gasteiger partial charge on any atom is 0.573 e. The number of benzene rings is 4. The number of hydrogen-bond acceptors (Lipinski definition) is 5. The van der Waals surface area contributed by atoms with E-state index in [1.165, 1.54) is 12.1 Å². The van der Waals surface area contributed by atoms with Crippen molar-refractivity contribution in [2.75, 3.05) is 0 Å². The second-order valence-corrected chi connectivity index (χ2v) is 10.7. The molecule has 0 N–H and O–H groups in total. The van der Waals surface area contributed by atoms with E-state index in [0.717, 1.165) is 22.8 Å². The molecule has 48 heavy (non-hydrogen) atoms. The Morgan fingerprint density at radius 3 is 1.50 bits per heavy atom. The Morgan fingerprint density at radius 2 is 1.06 bits per heavy atom. The molecule has 0 saturated carbocycles. The molecular weight excluding hydrogens is 613 g/mol. The molecule has 2 aliphatic carbocycles. The normalized spacial score (nSPS) is 14.5.